The molecule has 1 aromatic rings. The number of amides is 1. The zero-order valence-corrected chi connectivity index (χ0v) is 11.2. The topological polar surface area (TPSA) is 55.1 Å². The number of carbonyl (C=O) groups is 1. The van der Waals surface area contributed by atoms with Crippen LogP contribution < -0.4 is 11.1 Å². The number of halogens is 2. The molecule has 0 aromatic heterocycles. The van der Waals surface area contributed by atoms with Crippen LogP contribution in [0, 0.1) is 5.92 Å². The maximum Gasteiger partial charge on any atom is 0.224 e. The average molecular weight is 275 g/mol. The van der Waals surface area contributed by atoms with Crippen molar-refractivity contribution < 1.29 is 4.79 Å². The van der Waals surface area contributed by atoms with Crippen molar-refractivity contribution in [3.8, 4) is 0 Å². The summed E-state index contributed by atoms with van der Waals surface area (Å²) in [5.41, 5.74) is 6.13. The van der Waals surface area contributed by atoms with Gasteiger partial charge in [-0.2, -0.15) is 0 Å². The van der Waals surface area contributed by atoms with Crippen LogP contribution in [0.3, 0.4) is 0 Å². The third kappa shape index (κ3) is 4.54. The van der Waals surface area contributed by atoms with Gasteiger partial charge in [0.15, 0.2) is 0 Å². The Bertz CT molecular complexity index is 392. The molecular formula is C12H16Cl2N2O. The van der Waals surface area contributed by atoms with E-state index in [1.807, 2.05) is 6.92 Å². The summed E-state index contributed by atoms with van der Waals surface area (Å²) in [7, 11) is 0. The zero-order valence-electron chi connectivity index (χ0n) is 9.67. The van der Waals surface area contributed by atoms with Gasteiger partial charge in [-0.15, -0.1) is 0 Å². The minimum Gasteiger partial charge on any atom is -0.330 e. The average Bonchev–Trinajstić information content (AvgIpc) is 2.29. The van der Waals surface area contributed by atoms with Crippen LogP contribution in [0.15, 0.2) is 18.2 Å². The van der Waals surface area contributed by atoms with Crippen molar-refractivity contribution in [1.82, 2.24) is 0 Å². The van der Waals surface area contributed by atoms with Crippen LogP contribution in [-0.2, 0) is 4.79 Å². The van der Waals surface area contributed by atoms with E-state index >= 15 is 0 Å². The van der Waals surface area contributed by atoms with Crippen molar-refractivity contribution >= 4 is 34.8 Å². The SMILES string of the molecule is CCC(CN)CC(=O)Nc1ccc(Cl)cc1Cl. The van der Waals surface area contributed by atoms with E-state index in [9.17, 15) is 4.79 Å². The summed E-state index contributed by atoms with van der Waals surface area (Å²) in [5, 5.41) is 3.73. The number of carbonyl (C=O) groups excluding carboxylic acids is 1. The van der Waals surface area contributed by atoms with Crippen LogP contribution in [0.2, 0.25) is 10.0 Å². The molecule has 94 valence electrons. The number of hydrogen-bond donors (Lipinski definition) is 2. The molecule has 1 amide bonds. The fourth-order valence-electron chi connectivity index (χ4n) is 1.45. The molecule has 0 fully saturated rings. The molecule has 0 heterocycles. The molecule has 1 rings (SSSR count). The molecule has 1 aromatic carbocycles. The summed E-state index contributed by atoms with van der Waals surface area (Å²) >= 11 is 11.7. The van der Waals surface area contributed by atoms with Gasteiger partial charge < -0.3 is 11.1 Å². The summed E-state index contributed by atoms with van der Waals surface area (Å²) < 4.78 is 0. The molecule has 0 spiro atoms. The van der Waals surface area contributed by atoms with Gasteiger partial charge in [-0.05, 0) is 30.7 Å². The first kappa shape index (κ1) is 14.3. The normalized spacial score (nSPS) is 12.2. The van der Waals surface area contributed by atoms with Crippen LogP contribution >= 0.6 is 23.2 Å². The highest BCUT2D eigenvalue weighted by atomic mass is 35.5. The van der Waals surface area contributed by atoms with E-state index in [4.69, 9.17) is 28.9 Å². The van der Waals surface area contributed by atoms with E-state index in [0.717, 1.165) is 6.42 Å². The van der Waals surface area contributed by atoms with Gasteiger partial charge in [0, 0.05) is 11.4 Å². The molecule has 3 nitrogen and oxygen atoms in total. The highest BCUT2D eigenvalue weighted by molar-refractivity contribution is 6.36. The van der Waals surface area contributed by atoms with Crippen LogP contribution in [0.5, 0.6) is 0 Å². The van der Waals surface area contributed by atoms with E-state index in [0.29, 0.717) is 28.7 Å². The second kappa shape index (κ2) is 6.84. The first-order valence-corrected chi connectivity index (χ1v) is 6.27. The van der Waals surface area contributed by atoms with Gasteiger partial charge in [-0.25, -0.2) is 0 Å². The minimum absolute atomic E-state index is 0.0773. The van der Waals surface area contributed by atoms with Crippen LogP contribution in [0.25, 0.3) is 0 Å². The summed E-state index contributed by atoms with van der Waals surface area (Å²) in [6.45, 7) is 2.53. The third-order valence-corrected chi connectivity index (χ3v) is 3.14. The van der Waals surface area contributed by atoms with Crippen molar-refractivity contribution in [3.05, 3.63) is 28.2 Å². The molecule has 0 saturated heterocycles. The Morgan fingerprint density at radius 1 is 1.47 bits per heavy atom. The Hall–Kier alpha value is -0.770. The van der Waals surface area contributed by atoms with Crippen molar-refractivity contribution in [3.63, 3.8) is 0 Å². The molecule has 5 heteroatoms. The van der Waals surface area contributed by atoms with E-state index in [1.165, 1.54) is 0 Å². The van der Waals surface area contributed by atoms with Crippen molar-refractivity contribution in [2.45, 2.75) is 19.8 Å². The van der Waals surface area contributed by atoms with Crippen molar-refractivity contribution in [2.24, 2.45) is 11.7 Å². The molecule has 17 heavy (non-hydrogen) atoms. The Labute approximate surface area is 111 Å². The number of rotatable bonds is 5. The van der Waals surface area contributed by atoms with Crippen molar-refractivity contribution in [1.29, 1.82) is 0 Å². The molecule has 3 N–H and O–H groups in total. The third-order valence-electron chi connectivity index (χ3n) is 2.59. The highest BCUT2D eigenvalue weighted by Gasteiger charge is 2.11. The van der Waals surface area contributed by atoms with Crippen LogP contribution in [0.4, 0.5) is 5.69 Å². The number of nitrogens with two attached hydrogens (primary N) is 1. The smallest absolute Gasteiger partial charge is 0.224 e. The number of benzene rings is 1. The van der Waals surface area contributed by atoms with E-state index < -0.39 is 0 Å². The van der Waals surface area contributed by atoms with Gasteiger partial charge in [0.25, 0.3) is 0 Å². The molecule has 0 aliphatic carbocycles. The standard InChI is InChI=1S/C12H16Cl2N2O/c1-2-8(7-15)5-12(17)16-11-4-3-9(13)6-10(11)14/h3-4,6,8H,2,5,7,15H2,1H3,(H,16,17). The van der Waals surface area contributed by atoms with Gasteiger partial charge >= 0.3 is 0 Å². The molecule has 0 aliphatic rings. The second-order valence-electron chi connectivity index (χ2n) is 3.89. The first-order chi connectivity index (χ1) is 8.06. The number of nitrogens with one attached hydrogen (secondary N) is 1. The van der Waals surface area contributed by atoms with Gasteiger partial charge in [0.2, 0.25) is 5.91 Å². The maximum absolute atomic E-state index is 11.7. The lowest BCUT2D eigenvalue weighted by Gasteiger charge is -2.12. The lowest BCUT2D eigenvalue weighted by molar-refractivity contribution is -0.117. The molecule has 0 bridgehead atoms. The van der Waals surface area contributed by atoms with E-state index in [1.54, 1.807) is 18.2 Å². The first-order valence-electron chi connectivity index (χ1n) is 5.51. The zero-order chi connectivity index (χ0) is 12.8. The molecule has 0 aliphatic heterocycles. The van der Waals surface area contributed by atoms with Crippen molar-refractivity contribution in [2.75, 3.05) is 11.9 Å². The predicted octanol–water partition coefficient (Wildman–Crippen LogP) is 3.31. The van der Waals surface area contributed by atoms with Crippen LogP contribution in [0.1, 0.15) is 19.8 Å². The lowest BCUT2D eigenvalue weighted by atomic mass is 10.0. The fourth-order valence-corrected chi connectivity index (χ4v) is 1.90. The Kier molecular flexibility index (Phi) is 5.75. The van der Waals surface area contributed by atoms with Gasteiger partial charge in [-0.3, -0.25) is 4.79 Å². The quantitative estimate of drug-likeness (QED) is 0.866. The van der Waals surface area contributed by atoms with Gasteiger partial charge in [-0.1, -0.05) is 36.5 Å². The molecule has 1 unspecified atom stereocenters. The summed E-state index contributed by atoms with van der Waals surface area (Å²) in [6.07, 6.45) is 1.30. The molecule has 0 radical (unpaired) electrons. The second-order valence-corrected chi connectivity index (χ2v) is 4.73. The highest BCUT2D eigenvalue weighted by Crippen LogP contribution is 2.25. The van der Waals surface area contributed by atoms with Crippen LogP contribution in [-0.4, -0.2) is 12.5 Å². The molecular weight excluding hydrogens is 259 g/mol. The van der Waals surface area contributed by atoms with Gasteiger partial charge in [0.1, 0.15) is 0 Å². The maximum atomic E-state index is 11.7. The molecule has 0 saturated carbocycles. The molecule has 1 atom stereocenters. The van der Waals surface area contributed by atoms with E-state index in [-0.39, 0.29) is 11.8 Å². The van der Waals surface area contributed by atoms with E-state index in [2.05, 4.69) is 5.32 Å². The lowest BCUT2D eigenvalue weighted by Crippen LogP contribution is -2.21. The Balaban J connectivity index is 2.62. The Morgan fingerprint density at radius 3 is 2.71 bits per heavy atom. The summed E-state index contributed by atoms with van der Waals surface area (Å²) in [4.78, 5) is 11.7. The number of hydrogen-bond acceptors (Lipinski definition) is 2. The predicted molar refractivity (Wildman–Crippen MR) is 72.5 cm³/mol. The number of anilines is 1. The Morgan fingerprint density at radius 2 is 2.18 bits per heavy atom. The summed E-state index contributed by atoms with van der Waals surface area (Å²) in [5.74, 6) is 0.132. The monoisotopic (exact) mass is 274 g/mol. The minimum atomic E-state index is -0.0773. The fraction of sp³-hybridized carbons (Fsp3) is 0.417. The largest absolute Gasteiger partial charge is 0.330 e. The van der Waals surface area contributed by atoms with Gasteiger partial charge in [0.05, 0.1) is 10.7 Å². The summed E-state index contributed by atoms with van der Waals surface area (Å²) in [6, 6.07) is 4.97.